The largest absolute Gasteiger partial charge is 0.312 e. The SMILES string of the molecule is CC1CCCC(C)C1NCC1CCCCN1C. The van der Waals surface area contributed by atoms with Crippen molar-refractivity contribution >= 4 is 0 Å². The summed E-state index contributed by atoms with van der Waals surface area (Å²) in [6, 6.07) is 1.55. The smallest absolute Gasteiger partial charge is 0.0217 e. The summed E-state index contributed by atoms with van der Waals surface area (Å²) in [6.45, 7) is 7.35. The van der Waals surface area contributed by atoms with Crippen molar-refractivity contribution in [2.75, 3.05) is 20.1 Å². The number of nitrogens with zero attached hydrogens (tertiary/aromatic N) is 1. The number of likely N-dealkylation sites (tertiary alicyclic amines) is 1. The molecule has 1 aliphatic heterocycles. The molecular weight excluding hydrogens is 208 g/mol. The number of nitrogens with one attached hydrogen (secondary N) is 1. The fourth-order valence-corrected chi connectivity index (χ4v) is 3.76. The first-order valence-corrected chi connectivity index (χ1v) is 7.62. The lowest BCUT2D eigenvalue weighted by Crippen LogP contribution is -2.50. The van der Waals surface area contributed by atoms with Crippen molar-refractivity contribution in [1.82, 2.24) is 10.2 Å². The van der Waals surface area contributed by atoms with Gasteiger partial charge in [0.2, 0.25) is 0 Å². The summed E-state index contributed by atoms with van der Waals surface area (Å²) in [6.07, 6.45) is 8.48. The molecule has 1 saturated carbocycles. The molecule has 2 fully saturated rings. The number of likely N-dealkylation sites (N-methyl/N-ethyl adjacent to an activating group) is 1. The zero-order chi connectivity index (χ0) is 12.3. The van der Waals surface area contributed by atoms with Gasteiger partial charge in [-0.05, 0) is 51.1 Å². The van der Waals surface area contributed by atoms with Crippen molar-refractivity contribution in [3.63, 3.8) is 0 Å². The second-order valence-electron chi connectivity index (χ2n) is 6.45. The Morgan fingerprint density at radius 3 is 2.35 bits per heavy atom. The van der Waals surface area contributed by atoms with E-state index in [1.54, 1.807) is 0 Å². The van der Waals surface area contributed by atoms with Crippen LogP contribution in [-0.4, -0.2) is 37.1 Å². The number of hydrogen-bond acceptors (Lipinski definition) is 2. The highest BCUT2D eigenvalue weighted by molar-refractivity contribution is 4.86. The summed E-state index contributed by atoms with van der Waals surface area (Å²) < 4.78 is 0. The second-order valence-corrected chi connectivity index (χ2v) is 6.45. The topological polar surface area (TPSA) is 15.3 Å². The number of hydrogen-bond donors (Lipinski definition) is 1. The van der Waals surface area contributed by atoms with E-state index in [1.165, 1.54) is 51.6 Å². The Kier molecular flexibility index (Phi) is 4.87. The fourth-order valence-electron chi connectivity index (χ4n) is 3.76. The molecule has 3 unspecified atom stereocenters. The first-order valence-electron chi connectivity index (χ1n) is 7.62. The molecule has 2 heteroatoms. The second kappa shape index (κ2) is 6.19. The van der Waals surface area contributed by atoms with Crippen molar-refractivity contribution in [3.05, 3.63) is 0 Å². The van der Waals surface area contributed by atoms with Gasteiger partial charge in [-0.2, -0.15) is 0 Å². The van der Waals surface area contributed by atoms with E-state index in [2.05, 4.69) is 31.1 Å². The third-order valence-corrected chi connectivity index (χ3v) is 5.06. The molecule has 0 bridgehead atoms. The van der Waals surface area contributed by atoms with E-state index in [-0.39, 0.29) is 0 Å². The van der Waals surface area contributed by atoms with Crippen LogP contribution < -0.4 is 5.32 Å². The molecule has 2 aliphatic rings. The average Bonchev–Trinajstić information content (AvgIpc) is 2.30. The maximum atomic E-state index is 3.88. The molecule has 1 aliphatic carbocycles. The zero-order valence-electron chi connectivity index (χ0n) is 11.9. The van der Waals surface area contributed by atoms with Crippen LogP contribution >= 0.6 is 0 Å². The van der Waals surface area contributed by atoms with Gasteiger partial charge in [0, 0.05) is 18.6 Å². The van der Waals surface area contributed by atoms with Crippen LogP contribution in [0.2, 0.25) is 0 Å². The molecule has 0 amide bonds. The van der Waals surface area contributed by atoms with Crippen molar-refractivity contribution in [1.29, 1.82) is 0 Å². The minimum atomic E-state index is 0.763. The Balaban J connectivity index is 1.79. The van der Waals surface area contributed by atoms with E-state index < -0.39 is 0 Å². The van der Waals surface area contributed by atoms with Crippen molar-refractivity contribution < 1.29 is 0 Å². The highest BCUT2D eigenvalue weighted by Gasteiger charge is 2.28. The Hall–Kier alpha value is -0.0800. The van der Waals surface area contributed by atoms with E-state index in [0.717, 1.165) is 23.9 Å². The van der Waals surface area contributed by atoms with E-state index in [9.17, 15) is 0 Å². The number of rotatable bonds is 3. The molecule has 0 aromatic heterocycles. The third-order valence-electron chi connectivity index (χ3n) is 5.06. The maximum absolute atomic E-state index is 3.88. The van der Waals surface area contributed by atoms with Gasteiger partial charge in [-0.1, -0.05) is 26.7 Å². The van der Waals surface area contributed by atoms with Gasteiger partial charge in [0.05, 0.1) is 0 Å². The van der Waals surface area contributed by atoms with Crippen LogP contribution in [0.15, 0.2) is 0 Å². The Labute approximate surface area is 107 Å². The van der Waals surface area contributed by atoms with E-state index in [1.807, 2.05) is 0 Å². The van der Waals surface area contributed by atoms with E-state index in [4.69, 9.17) is 0 Å². The van der Waals surface area contributed by atoms with Gasteiger partial charge in [0.1, 0.15) is 0 Å². The molecular formula is C15H30N2. The van der Waals surface area contributed by atoms with Crippen molar-refractivity contribution in [3.8, 4) is 0 Å². The molecule has 2 nitrogen and oxygen atoms in total. The quantitative estimate of drug-likeness (QED) is 0.813. The zero-order valence-corrected chi connectivity index (χ0v) is 11.9. The molecule has 0 radical (unpaired) electrons. The van der Waals surface area contributed by atoms with Gasteiger partial charge in [0.15, 0.2) is 0 Å². The highest BCUT2D eigenvalue weighted by atomic mass is 15.2. The van der Waals surface area contributed by atoms with Crippen molar-refractivity contribution in [2.24, 2.45) is 11.8 Å². The van der Waals surface area contributed by atoms with Crippen LogP contribution in [0.4, 0.5) is 0 Å². The summed E-state index contributed by atoms with van der Waals surface area (Å²) in [5.74, 6) is 1.74. The minimum absolute atomic E-state index is 0.763. The summed E-state index contributed by atoms with van der Waals surface area (Å²) in [7, 11) is 2.29. The Morgan fingerprint density at radius 1 is 1.00 bits per heavy atom. The van der Waals surface area contributed by atoms with Crippen LogP contribution in [-0.2, 0) is 0 Å². The fraction of sp³-hybridized carbons (Fsp3) is 1.00. The van der Waals surface area contributed by atoms with E-state index >= 15 is 0 Å². The summed E-state index contributed by atoms with van der Waals surface area (Å²) in [5.41, 5.74) is 0. The standard InChI is InChI=1S/C15H30N2/c1-12-7-6-8-13(2)15(12)16-11-14-9-4-5-10-17(14)3/h12-16H,4-11H2,1-3H3. The van der Waals surface area contributed by atoms with Crippen LogP contribution in [0, 0.1) is 11.8 Å². The van der Waals surface area contributed by atoms with Gasteiger partial charge in [0.25, 0.3) is 0 Å². The van der Waals surface area contributed by atoms with Crippen LogP contribution in [0.25, 0.3) is 0 Å². The third kappa shape index (κ3) is 3.45. The molecule has 0 aromatic carbocycles. The molecule has 3 atom stereocenters. The number of piperidine rings is 1. The van der Waals surface area contributed by atoms with Crippen LogP contribution in [0.5, 0.6) is 0 Å². The summed E-state index contributed by atoms with van der Waals surface area (Å²) in [4.78, 5) is 2.55. The van der Waals surface area contributed by atoms with Crippen LogP contribution in [0.1, 0.15) is 52.4 Å². The van der Waals surface area contributed by atoms with Gasteiger partial charge in [-0.25, -0.2) is 0 Å². The molecule has 1 heterocycles. The van der Waals surface area contributed by atoms with Gasteiger partial charge in [-0.3, -0.25) is 0 Å². The average molecular weight is 238 g/mol. The summed E-state index contributed by atoms with van der Waals surface area (Å²) >= 11 is 0. The lowest BCUT2D eigenvalue weighted by atomic mass is 9.78. The monoisotopic (exact) mass is 238 g/mol. The first-order chi connectivity index (χ1) is 8.18. The van der Waals surface area contributed by atoms with Crippen molar-refractivity contribution in [2.45, 2.75) is 64.5 Å². The predicted molar refractivity (Wildman–Crippen MR) is 74.2 cm³/mol. The molecule has 0 spiro atoms. The molecule has 17 heavy (non-hydrogen) atoms. The maximum Gasteiger partial charge on any atom is 0.0217 e. The molecule has 0 aromatic rings. The first kappa shape index (κ1) is 13.4. The normalized spacial score (nSPS) is 40.4. The minimum Gasteiger partial charge on any atom is -0.312 e. The summed E-state index contributed by atoms with van der Waals surface area (Å²) in [5, 5.41) is 3.88. The van der Waals surface area contributed by atoms with Gasteiger partial charge in [-0.15, -0.1) is 0 Å². The van der Waals surface area contributed by atoms with Gasteiger partial charge < -0.3 is 10.2 Å². The Morgan fingerprint density at radius 2 is 1.71 bits per heavy atom. The van der Waals surface area contributed by atoms with Crippen LogP contribution in [0.3, 0.4) is 0 Å². The lowest BCUT2D eigenvalue weighted by molar-refractivity contribution is 0.151. The molecule has 2 rings (SSSR count). The lowest BCUT2D eigenvalue weighted by Gasteiger charge is -2.39. The van der Waals surface area contributed by atoms with E-state index in [0.29, 0.717) is 0 Å². The molecule has 1 N–H and O–H groups in total. The Bertz CT molecular complexity index is 219. The van der Waals surface area contributed by atoms with Gasteiger partial charge >= 0.3 is 0 Å². The predicted octanol–water partition coefficient (Wildman–Crippen LogP) is 2.89. The molecule has 100 valence electrons. The molecule has 1 saturated heterocycles. The highest BCUT2D eigenvalue weighted by Crippen LogP contribution is 2.29.